The van der Waals surface area contributed by atoms with Gasteiger partial charge in [-0.15, -0.1) is 0 Å². The molecule has 5 heteroatoms. The summed E-state index contributed by atoms with van der Waals surface area (Å²) >= 11 is 0. The minimum Gasteiger partial charge on any atom is -0.478 e. The second-order valence-corrected chi connectivity index (χ2v) is 3.17. The molecule has 0 unspecified atom stereocenters. The Morgan fingerprint density at radius 2 is 2.19 bits per heavy atom. The van der Waals surface area contributed by atoms with Crippen molar-refractivity contribution in [2.24, 2.45) is 0 Å². The number of aryl methyl sites for hydroxylation is 1. The zero-order valence-corrected chi connectivity index (χ0v) is 8.50. The molecule has 16 heavy (non-hydrogen) atoms. The number of carboxylic acids is 1. The van der Waals surface area contributed by atoms with Crippen LogP contribution in [0.3, 0.4) is 0 Å². The van der Waals surface area contributed by atoms with E-state index >= 15 is 0 Å². The van der Waals surface area contributed by atoms with Gasteiger partial charge in [-0.05, 0) is 24.1 Å². The zero-order valence-electron chi connectivity index (χ0n) is 8.50. The van der Waals surface area contributed by atoms with Crippen molar-refractivity contribution in [1.29, 1.82) is 5.26 Å². The highest BCUT2D eigenvalue weighted by molar-refractivity contribution is 5.90. The fourth-order valence-corrected chi connectivity index (χ4v) is 1.43. The largest absolute Gasteiger partial charge is 0.478 e. The van der Waals surface area contributed by atoms with Crippen LogP contribution < -0.4 is 0 Å². The van der Waals surface area contributed by atoms with Crippen LogP contribution in [0.1, 0.15) is 40.4 Å². The number of nitriles is 1. The lowest BCUT2D eigenvalue weighted by Gasteiger charge is -2.08. The third kappa shape index (κ3) is 2.16. The van der Waals surface area contributed by atoms with E-state index in [4.69, 9.17) is 10.4 Å². The van der Waals surface area contributed by atoms with Gasteiger partial charge < -0.3 is 5.11 Å². The van der Waals surface area contributed by atoms with Crippen LogP contribution in [0.5, 0.6) is 0 Å². The number of hydrogen-bond acceptors (Lipinski definition) is 2. The van der Waals surface area contributed by atoms with Gasteiger partial charge in [0.2, 0.25) is 0 Å². The second kappa shape index (κ2) is 4.71. The molecular weight excluding hydrogens is 216 g/mol. The Hall–Kier alpha value is -1.96. The first-order valence-electron chi connectivity index (χ1n) is 4.59. The van der Waals surface area contributed by atoms with Crippen molar-refractivity contribution in [3.63, 3.8) is 0 Å². The van der Waals surface area contributed by atoms with Crippen molar-refractivity contribution < 1.29 is 18.7 Å². The highest BCUT2D eigenvalue weighted by Crippen LogP contribution is 2.26. The maximum atomic E-state index is 12.5. The van der Waals surface area contributed by atoms with Gasteiger partial charge in [0.25, 0.3) is 6.43 Å². The van der Waals surface area contributed by atoms with E-state index in [2.05, 4.69) is 0 Å². The quantitative estimate of drug-likeness (QED) is 0.860. The van der Waals surface area contributed by atoms with E-state index < -0.39 is 18.0 Å². The highest BCUT2D eigenvalue weighted by Gasteiger charge is 2.19. The van der Waals surface area contributed by atoms with E-state index in [1.54, 1.807) is 13.0 Å². The third-order valence-corrected chi connectivity index (χ3v) is 2.24. The Kier molecular flexibility index (Phi) is 3.56. The molecule has 0 atom stereocenters. The summed E-state index contributed by atoms with van der Waals surface area (Å²) in [5, 5.41) is 17.5. The highest BCUT2D eigenvalue weighted by atomic mass is 19.3. The van der Waals surface area contributed by atoms with E-state index in [0.29, 0.717) is 12.0 Å². The maximum Gasteiger partial charge on any atom is 0.335 e. The standard InChI is InChI=1S/C11H9F2NO2/c1-2-6-3-7(5-14)8(10(12)13)4-9(6)11(15)16/h3-4,10H,2H2,1H3,(H,15,16). The predicted octanol–water partition coefficient (Wildman–Crippen LogP) is 2.76. The molecule has 0 amide bonds. The first kappa shape index (κ1) is 12.1. The molecular formula is C11H9F2NO2. The van der Waals surface area contributed by atoms with Crippen LogP contribution >= 0.6 is 0 Å². The van der Waals surface area contributed by atoms with Gasteiger partial charge in [-0.1, -0.05) is 6.92 Å². The van der Waals surface area contributed by atoms with Gasteiger partial charge in [0.15, 0.2) is 0 Å². The summed E-state index contributed by atoms with van der Waals surface area (Å²) in [4.78, 5) is 10.8. The minimum atomic E-state index is -2.85. The molecule has 0 fully saturated rings. The molecule has 0 aliphatic carbocycles. The van der Waals surface area contributed by atoms with Crippen LogP contribution in [0.2, 0.25) is 0 Å². The number of carbonyl (C=O) groups is 1. The number of rotatable bonds is 3. The summed E-state index contributed by atoms with van der Waals surface area (Å²) in [5.74, 6) is -1.26. The molecule has 84 valence electrons. The van der Waals surface area contributed by atoms with Gasteiger partial charge in [-0.25, -0.2) is 13.6 Å². The first-order chi connectivity index (χ1) is 7.51. The Labute approximate surface area is 90.9 Å². The van der Waals surface area contributed by atoms with E-state index in [-0.39, 0.29) is 11.1 Å². The smallest absolute Gasteiger partial charge is 0.335 e. The number of alkyl halides is 2. The molecule has 1 aromatic rings. The van der Waals surface area contributed by atoms with Gasteiger partial charge in [0.05, 0.1) is 17.2 Å². The maximum absolute atomic E-state index is 12.5. The summed E-state index contributed by atoms with van der Waals surface area (Å²) in [6.07, 6.45) is -2.47. The zero-order chi connectivity index (χ0) is 12.3. The van der Waals surface area contributed by atoms with Gasteiger partial charge in [-0.2, -0.15) is 5.26 Å². The molecule has 0 heterocycles. The molecule has 0 radical (unpaired) electrons. The van der Waals surface area contributed by atoms with E-state index in [0.717, 1.165) is 6.07 Å². The van der Waals surface area contributed by atoms with Crippen LogP contribution in [0.25, 0.3) is 0 Å². The van der Waals surface area contributed by atoms with Crippen LogP contribution in [0.15, 0.2) is 12.1 Å². The number of carboxylic acid groups (broad SMARTS) is 1. The average molecular weight is 225 g/mol. The van der Waals surface area contributed by atoms with Crippen molar-refractivity contribution in [1.82, 2.24) is 0 Å². The Morgan fingerprint density at radius 3 is 2.56 bits per heavy atom. The van der Waals surface area contributed by atoms with E-state index in [1.165, 1.54) is 6.07 Å². The molecule has 0 saturated carbocycles. The van der Waals surface area contributed by atoms with Crippen molar-refractivity contribution in [2.45, 2.75) is 19.8 Å². The SMILES string of the molecule is CCc1cc(C#N)c(C(F)F)cc1C(=O)O. The Morgan fingerprint density at radius 1 is 1.56 bits per heavy atom. The summed E-state index contributed by atoms with van der Waals surface area (Å²) in [6, 6.07) is 3.74. The summed E-state index contributed by atoms with van der Waals surface area (Å²) in [5.41, 5.74) is -0.487. The number of hydrogen-bond donors (Lipinski definition) is 1. The van der Waals surface area contributed by atoms with Gasteiger partial charge >= 0.3 is 5.97 Å². The number of halogens is 2. The van der Waals surface area contributed by atoms with Crippen molar-refractivity contribution >= 4 is 5.97 Å². The van der Waals surface area contributed by atoms with Crippen molar-refractivity contribution in [2.75, 3.05) is 0 Å². The summed E-state index contributed by atoms with van der Waals surface area (Å²) in [7, 11) is 0. The van der Waals surface area contributed by atoms with Crippen LogP contribution in [0.4, 0.5) is 8.78 Å². The molecule has 0 aliphatic heterocycles. The fourth-order valence-electron chi connectivity index (χ4n) is 1.43. The van der Waals surface area contributed by atoms with E-state index in [9.17, 15) is 13.6 Å². The predicted molar refractivity (Wildman–Crippen MR) is 52.5 cm³/mol. The van der Waals surface area contributed by atoms with Crippen LogP contribution in [-0.2, 0) is 6.42 Å². The second-order valence-electron chi connectivity index (χ2n) is 3.17. The Balaban J connectivity index is 3.48. The van der Waals surface area contributed by atoms with Crippen molar-refractivity contribution in [3.05, 3.63) is 34.4 Å². The topological polar surface area (TPSA) is 61.1 Å². The first-order valence-corrected chi connectivity index (χ1v) is 4.59. The van der Waals surface area contributed by atoms with E-state index in [1.807, 2.05) is 0 Å². The molecule has 3 nitrogen and oxygen atoms in total. The van der Waals surface area contributed by atoms with Crippen LogP contribution in [-0.4, -0.2) is 11.1 Å². The number of aromatic carboxylic acids is 1. The number of benzene rings is 1. The summed E-state index contributed by atoms with van der Waals surface area (Å²) in [6.45, 7) is 1.70. The normalized spacial score (nSPS) is 10.2. The van der Waals surface area contributed by atoms with Crippen molar-refractivity contribution in [3.8, 4) is 6.07 Å². The Bertz CT molecular complexity index is 464. The van der Waals surface area contributed by atoms with Gasteiger partial charge in [0, 0.05) is 5.56 Å². The minimum absolute atomic E-state index is 0.170. The molecule has 1 rings (SSSR count). The molecule has 1 N–H and O–H groups in total. The molecule has 1 aromatic carbocycles. The molecule has 0 aromatic heterocycles. The monoisotopic (exact) mass is 225 g/mol. The molecule has 0 bridgehead atoms. The lowest BCUT2D eigenvalue weighted by atomic mass is 9.97. The molecule has 0 saturated heterocycles. The van der Waals surface area contributed by atoms with Gasteiger partial charge in [-0.3, -0.25) is 0 Å². The summed E-state index contributed by atoms with van der Waals surface area (Å²) < 4.78 is 25.1. The number of nitrogens with zero attached hydrogens (tertiary/aromatic N) is 1. The fraction of sp³-hybridized carbons (Fsp3) is 0.273. The third-order valence-electron chi connectivity index (χ3n) is 2.24. The lowest BCUT2D eigenvalue weighted by molar-refractivity contribution is 0.0695. The lowest BCUT2D eigenvalue weighted by Crippen LogP contribution is -2.05. The average Bonchev–Trinajstić information content (AvgIpc) is 2.26. The van der Waals surface area contributed by atoms with Crippen LogP contribution in [0, 0.1) is 11.3 Å². The molecule has 0 spiro atoms. The van der Waals surface area contributed by atoms with Gasteiger partial charge in [0.1, 0.15) is 0 Å². The molecule has 0 aliphatic rings.